The molecule has 1 atom stereocenters. The second-order valence-electron chi connectivity index (χ2n) is 6.54. The normalized spacial score (nSPS) is 16.9. The molecule has 0 saturated carbocycles. The van der Waals surface area contributed by atoms with Crippen LogP contribution in [-0.4, -0.2) is 44.1 Å². The van der Waals surface area contributed by atoms with Crippen LogP contribution >= 0.6 is 11.8 Å². The molecule has 26 heavy (non-hydrogen) atoms. The number of carbonyl (C=O) groups excluding carboxylic acids is 1. The standard InChI is InChI=1S/C19H22N4O2S/c1-2-16(26-19-22-14-5-3-4-6-15(14)25-19)18(24)23-11-7-13(8-12-23)17-20-9-10-21-17/h3-6,9-10,13,16H,2,7-8,11-12H2,1H3,(H,20,21)/t16-/m0/s1. The van der Waals surface area contributed by atoms with Crippen LogP contribution in [0.4, 0.5) is 0 Å². The van der Waals surface area contributed by atoms with Gasteiger partial charge in [-0.2, -0.15) is 0 Å². The van der Waals surface area contributed by atoms with Gasteiger partial charge in [0.05, 0.1) is 5.25 Å². The first-order valence-corrected chi connectivity index (χ1v) is 9.93. The van der Waals surface area contributed by atoms with Gasteiger partial charge in [0.1, 0.15) is 11.3 Å². The topological polar surface area (TPSA) is 75.0 Å². The monoisotopic (exact) mass is 370 g/mol. The highest BCUT2D eigenvalue weighted by atomic mass is 32.2. The number of hydrogen-bond acceptors (Lipinski definition) is 5. The molecule has 2 aromatic heterocycles. The number of hydrogen-bond donors (Lipinski definition) is 1. The Balaban J connectivity index is 1.39. The summed E-state index contributed by atoms with van der Waals surface area (Å²) in [6, 6.07) is 7.68. The van der Waals surface area contributed by atoms with Crippen molar-refractivity contribution in [3.63, 3.8) is 0 Å². The second-order valence-corrected chi connectivity index (χ2v) is 7.69. The molecule has 1 saturated heterocycles. The molecule has 1 aromatic carbocycles. The van der Waals surface area contributed by atoms with Gasteiger partial charge in [-0.3, -0.25) is 4.79 Å². The van der Waals surface area contributed by atoms with E-state index in [1.165, 1.54) is 11.8 Å². The molecule has 3 heterocycles. The third kappa shape index (κ3) is 3.49. The lowest BCUT2D eigenvalue weighted by Gasteiger charge is -2.33. The van der Waals surface area contributed by atoms with Gasteiger partial charge in [0, 0.05) is 31.4 Å². The SMILES string of the molecule is CC[C@H](Sc1nc2ccccc2o1)C(=O)N1CCC(c2ncc[nH]2)CC1. The van der Waals surface area contributed by atoms with Crippen molar-refractivity contribution in [2.24, 2.45) is 0 Å². The number of nitrogens with zero attached hydrogens (tertiary/aromatic N) is 3. The maximum atomic E-state index is 13.0. The molecular formula is C19H22N4O2S. The van der Waals surface area contributed by atoms with E-state index in [1.54, 1.807) is 6.20 Å². The van der Waals surface area contributed by atoms with Crippen molar-refractivity contribution < 1.29 is 9.21 Å². The number of piperidine rings is 1. The predicted molar refractivity (Wildman–Crippen MR) is 101 cm³/mol. The fourth-order valence-electron chi connectivity index (χ4n) is 3.41. The number of para-hydroxylation sites is 2. The van der Waals surface area contributed by atoms with Gasteiger partial charge in [-0.15, -0.1) is 0 Å². The van der Waals surface area contributed by atoms with Crippen LogP contribution in [0.3, 0.4) is 0 Å². The van der Waals surface area contributed by atoms with Gasteiger partial charge in [-0.1, -0.05) is 30.8 Å². The number of aromatic nitrogens is 3. The molecule has 6 nitrogen and oxygen atoms in total. The second kappa shape index (κ2) is 7.53. The Hall–Kier alpha value is -2.28. The highest BCUT2D eigenvalue weighted by Gasteiger charge is 2.30. The van der Waals surface area contributed by atoms with Crippen LogP contribution in [0.5, 0.6) is 0 Å². The van der Waals surface area contributed by atoms with Crippen LogP contribution in [0.25, 0.3) is 11.1 Å². The van der Waals surface area contributed by atoms with E-state index in [-0.39, 0.29) is 11.2 Å². The molecule has 1 fully saturated rings. The molecule has 0 spiro atoms. The van der Waals surface area contributed by atoms with Gasteiger partial charge in [0.25, 0.3) is 5.22 Å². The van der Waals surface area contributed by atoms with E-state index in [4.69, 9.17) is 4.42 Å². The maximum absolute atomic E-state index is 13.0. The summed E-state index contributed by atoms with van der Waals surface area (Å²) in [5, 5.41) is 0.403. The number of carbonyl (C=O) groups is 1. The van der Waals surface area contributed by atoms with Crippen LogP contribution in [-0.2, 0) is 4.79 Å². The van der Waals surface area contributed by atoms with E-state index in [1.807, 2.05) is 42.3 Å². The Bertz CT molecular complexity index is 836. The largest absolute Gasteiger partial charge is 0.431 e. The molecule has 1 aliphatic heterocycles. The highest BCUT2D eigenvalue weighted by molar-refractivity contribution is 8.00. The molecule has 4 rings (SSSR count). The lowest BCUT2D eigenvalue weighted by Crippen LogP contribution is -2.42. The minimum atomic E-state index is -0.164. The molecule has 0 bridgehead atoms. The fourth-order valence-corrected chi connectivity index (χ4v) is 4.36. The van der Waals surface area contributed by atoms with E-state index in [9.17, 15) is 4.79 Å². The third-order valence-electron chi connectivity index (χ3n) is 4.88. The number of thioether (sulfide) groups is 1. The number of likely N-dealkylation sites (tertiary alicyclic amines) is 1. The zero-order valence-electron chi connectivity index (χ0n) is 14.7. The van der Waals surface area contributed by atoms with Gasteiger partial charge in [-0.25, -0.2) is 9.97 Å². The molecule has 1 amide bonds. The van der Waals surface area contributed by atoms with Crippen molar-refractivity contribution in [3.8, 4) is 0 Å². The number of benzene rings is 1. The summed E-state index contributed by atoms with van der Waals surface area (Å²) in [5.41, 5.74) is 1.59. The van der Waals surface area contributed by atoms with Crippen LogP contribution in [0, 0.1) is 0 Å². The molecule has 7 heteroatoms. The first-order chi connectivity index (χ1) is 12.7. The molecule has 3 aromatic rings. The van der Waals surface area contributed by atoms with Gasteiger partial charge in [-0.05, 0) is 31.4 Å². The Morgan fingerprint density at radius 3 is 2.88 bits per heavy atom. The van der Waals surface area contributed by atoms with Crippen molar-refractivity contribution in [2.75, 3.05) is 13.1 Å². The van der Waals surface area contributed by atoms with Crippen molar-refractivity contribution in [2.45, 2.75) is 42.6 Å². The maximum Gasteiger partial charge on any atom is 0.257 e. The summed E-state index contributed by atoms with van der Waals surface area (Å²) in [5.74, 6) is 1.63. The molecule has 0 unspecified atom stereocenters. The number of H-pyrrole nitrogens is 1. The zero-order chi connectivity index (χ0) is 17.9. The number of aromatic amines is 1. The number of amides is 1. The van der Waals surface area contributed by atoms with Crippen LogP contribution < -0.4 is 0 Å². The Labute approximate surface area is 156 Å². The number of oxazole rings is 1. The van der Waals surface area contributed by atoms with Gasteiger partial charge in [0.2, 0.25) is 5.91 Å². The zero-order valence-corrected chi connectivity index (χ0v) is 15.5. The van der Waals surface area contributed by atoms with Crippen molar-refractivity contribution >= 4 is 28.8 Å². The molecule has 136 valence electrons. The summed E-state index contributed by atoms with van der Waals surface area (Å²) in [4.78, 5) is 27.0. The highest BCUT2D eigenvalue weighted by Crippen LogP contribution is 2.31. The summed E-state index contributed by atoms with van der Waals surface area (Å²) in [7, 11) is 0. The van der Waals surface area contributed by atoms with Crippen LogP contribution in [0.15, 0.2) is 46.3 Å². The van der Waals surface area contributed by atoms with Crippen LogP contribution in [0.2, 0.25) is 0 Å². The lowest BCUT2D eigenvalue weighted by molar-refractivity contribution is -0.131. The van der Waals surface area contributed by atoms with Gasteiger partial charge in [0.15, 0.2) is 5.58 Å². The van der Waals surface area contributed by atoms with Crippen LogP contribution in [0.1, 0.15) is 37.9 Å². The summed E-state index contributed by atoms with van der Waals surface area (Å²) >= 11 is 1.43. The predicted octanol–water partition coefficient (Wildman–Crippen LogP) is 3.83. The molecule has 1 aliphatic rings. The minimum Gasteiger partial charge on any atom is -0.431 e. The number of nitrogens with one attached hydrogen (secondary N) is 1. The average Bonchev–Trinajstić information content (AvgIpc) is 3.35. The number of rotatable bonds is 5. The Kier molecular flexibility index (Phi) is 4.97. The minimum absolute atomic E-state index is 0.164. The molecule has 0 aliphatic carbocycles. The van der Waals surface area contributed by atoms with Crippen molar-refractivity contribution in [3.05, 3.63) is 42.5 Å². The average molecular weight is 370 g/mol. The van der Waals surface area contributed by atoms with Crippen molar-refractivity contribution in [1.29, 1.82) is 0 Å². The molecule has 1 N–H and O–H groups in total. The number of fused-ring (bicyclic) bond motifs is 1. The first-order valence-electron chi connectivity index (χ1n) is 9.05. The smallest absolute Gasteiger partial charge is 0.257 e. The van der Waals surface area contributed by atoms with E-state index in [0.29, 0.717) is 11.1 Å². The molecular weight excluding hydrogens is 348 g/mol. The Morgan fingerprint density at radius 1 is 1.38 bits per heavy atom. The van der Waals surface area contributed by atoms with Gasteiger partial charge >= 0.3 is 0 Å². The van der Waals surface area contributed by atoms with E-state index >= 15 is 0 Å². The lowest BCUT2D eigenvalue weighted by atomic mass is 9.96. The third-order valence-corrected chi connectivity index (χ3v) is 6.07. The first kappa shape index (κ1) is 17.1. The van der Waals surface area contributed by atoms with E-state index in [2.05, 4.69) is 15.0 Å². The van der Waals surface area contributed by atoms with E-state index in [0.717, 1.165) is 49.3 Å². The van der Waals surface area contributed by atoms with E-state index < -0.39 is 0 Å². The Morgan fingerprint density at radius 2 is 2.19 bits per heavy atom. The summed E-state index contributed by atoms with van der Waals surface area (Å²) in [6.45, 7) is 3.58. The molecule has 0 radical (unpaired) electrons. The quantitative estimate of drug-likeness (QED) is 0.691. The van der Waals surface area contributed by atoms with Gasteiger partial charge < -0.3 is 14.3 Å². The summed E-state index contributed by atoms with van der Waals surface area (Å²) < 4.78 is 5.77. The van der Waals surface area contributed by atoms with Crippen molar-refractivity contribution in [1.82, 2.24) is 19.9 Å². The summed E-state index contributed by atoms with van der Waals surface area (Å²) in [6.07, 6.45) is 6.29. The fraction of sp³-hybridized carbons (Fsp3) is 0.421. The number of imidazole rings is 1.